The number of carboxylic acid groups (broad SMARTS) is 1. The van der Waals surface area contributed by atoms with Crippen molar-refractivity contribution in [3.8, 4) is 11.1 Å². The molecule has 3 aromatic rings. The van der Waals surface area contributed by atoms with Crippen molar-refractivity contribution in [1.29, 1.82) is 0 Å². The average molecular weight is 481 g/mol. The summed E-state index contributed by atoms with van der Waals surface area (Å²) in [6.07, 6.45) is -0.700. The fourth-order valence-corrected chi connectivity index (χ4v) is 5.52. The smallest absolute Gasteiger partial charge is 0.407 e. The molecule has 0 radical (unpaired) electrons. The normalized spacial score (nSPS) is 12.7. The van der Waals surface area contributed by atoms with Gasteiger partial charge >= 0.3 is 12.1 Å². The van der Waals surface area contributed by atoms with E-state index in [1.807, 2.05) is 48.5 Å². The Morgan fingerprint density at radius 3 is 2.03 bits per heavy atom. The zero-order valence-corrected chi connectivity index (χ0v) is 19.1. The number of nitrogens with zero attached hydrogens (tertiary/aromatic N) is 1. The first kappa shape index (κ1) is 23.5. The van der Waals surface area contributed by atoms with Crippen LogP contribution in [0.4, 0.5) is 4.79 Å². The molecule has 3 aromatic carbocycles. The fourth-order valence-electron chi connectivity index (χ4n) is 4.11. The van der Waals surface area contributed by atoms with Gasteiger partial charge in [0.1, 0.15) is 13.2 Å². The standard InChI is InChI=1S/C25H24N2O6S/c28-24(29)16-27(34(31,32)18-8-2-1-3-9-18)15-14-26-25(30)33-17-23-21-12-6-4-10-19(21)20-11-5-7-13-22(20)23/h1-13,23H,14-17H2,(H,26,30)(H,28,29). The molecule has 34 heavy (non-hydrogen) atoms. The van der Waals surface area contributed by atoms with Crippen LogP contribution in [-0.4, -0.2) is 56.1 Å². The number of carbonyl (C=O) groups excluding carboxylic acids is 1. The number of rotatable bonds is 9. The maximum absolute atomic E-state index is 12.8. The van der Waals surface area contributed by atoms with Crippen molar-refractivity contribution in [3.05, 3.63) is 90.0 Å². The third kappa shape index (κ3) is 4.95. The largest absolute Gasteiger partial charge is 0.480 e. The first-order valence-corrected chi connectivity index (χ1v) is 12.2. The second kappa shape index (κ2) is 10.1. The van der Waals surface area contributed by atoms with E-state index in [1.165, 1.54) is 12.1 Å². The number of benzene rings is 3. The second-order valence-corrected chi connectivity index (χ2v) is 9.74. The van der Waals surface area contributed by atoms with Gasteiger partial charge in [0.05, 0.1) is 4.90 Å². The van der Waals surface area contributed by atoms with Crippen LogP contribution in [0.2, 0.25) is 0 Å². The van der Waals surface area contributed by atoms with E-state index in [9.17, 15) is 18.0 Å². The average Bonchev–Trinajstić information content (AvgIpc) is 3.16. The first-order chi connectivity index (χ1) is 16.4. The number of carbonyl (C=O) groups is 2. The molecule has 0 fully saturated rings. The van der Waals surface area contributed by atoms with E-state index >= 15 is 0 Å². The number of amides is 1. The molecule has 176 valence electrons. The number of nitrogens with one attached hydrogen (secondary N) is 1. The summed E-state index contributed by atoms with van der Waals surface area (Å²) < 4.78 is 31.8. The molecule has 8 nitrogen and oxygen atoms in total. The maximum Gasteiger partial charge on any atom is 0.407 e. The highest BCUT2D eigenvalue weighted by Gasteiger charge is 2.29. The van der Waals surface area contributed by atoms with E-state index < -0.39 is 28.6 Å². The summed E-state index contributed by atoms with van der Waals surface area (Å²) in [4.78, 5) is 23.5. The van der Waals surface area contributed by atoms with Crippen molar-refractivity contribution in [1.82, 2.24) is 9.62 Å². The Morgan fingerprint density at radius 2 is 1.44 bits per heavy atom. The maximum atomic E-state index is 12.8. The number of carboxylic acids is 1. The molecule has 2 N–H and O–H groups in total. The van der Waals surface area contributed by atoms with Crippen molar-refractivity contribution in [2.45, 2.75) is 10.8 Å². The lowest BCUT2D eigenvalue weighted by atomic mass is 9.98. The van der Waals surface area contributed by atoms with Crippen LogP contribution in [0.3, 0.4) is 0 Å². The van der Waals surface area contributed by atoms with Crippen molar-refractivity contribution in [3.63, 3.8) is 0 Å². The minimum Gasteiger partial charge on any atom is -0.480 e. The van der Waals surface area contributed by atoms with E-state index in [4.69, 9.17) is 9.84 Å². The summed E-state index contributed by atoms with van der Waals surface area (Å²) in [7, 11) is -4.03. The highest BCUT2D eigenvalue weighted by molar-refractivity contribution is 7.89. The molecule has 0 saturated carbocycles. The number of aliphatic carboxylic acids is 1. The predicted molar refractivity (Wildman–Crippen MR) is 126 cm³/mol. The van der Waals surface area contributed by atoms with Crippen LogP contribution in [-0.2, 0) is 19.6 Å². The molecule has 0 heterocycles. The fraction of sp³-hybridized carbons (Fsp3) is 0.200. The monoisotopic (exact) mass is 480 g/mol. The molecule has 4 rings (SSSR count). The molecule has 0 unspecified atom stereocenters. The van der Waals surface area contributed by atoms with Crippen molar-refractivity contribution >= 4 is 22.1 Å². The Hall–Kier alpha value is -3.69. The third-order valence-corrected chi connectivity index (χ3v) is 7.53. The number of fused-ring (bicyclic) bond motifs is 3. The van der Waals surface area contributed by atoms with Gasteiger partial charge in [0.25, 0.3) is 0 Å². The number of ether oxygens (including phenoxy) is 1. The van der Waals surface area contributed by atoms with Crippen LogP contribution in [0.15, 0.2) is 83.8 Å². The Bertz CT molecular complexity index is 1250. The minimum atomic E-state index is -4.03. The SMILES string of the molecule is O=C(O)CN(CCNC(=O)OCC1c2ccccc2-c2ccccc21)S(=O)(=O)c1ccccc1. The van der Waals surface area contributed by atoms with Crippen molar-refractivity contribution in [2.75, 3.05) is 26.2 Å². The summed E-state index contributed by atoms with van der Waals surface area (Å²) in [6, 6.07) is 23.5. The van der Waals surface area contributed by atoms with Gasteiger partial charge in [-0.2, -0.15) is 4.31 Å². The van der Waals surface area contributed by atoms with Gasteiger partial charge in [0.15, 0.2) is 0 Å². The zero-order chi connectivity index (χ0) is 24.1. The summed E-state index contributed by atoms with van der Waals surface area (Å²) in [6.45, 7) is -0.908. The van der Waals surface area contributed by atoms with Crippen molar-refractivity contribution < 1.29 is 27.9 Å². The summed E-state index contributed by atoms with van der Waals surface area (Å²) in [5.41, 5.74) is 4.39. The molecule has 0 spiro atoms. The number of hydrogen-bond acceptors (Lipinski definition) is 5. The van der Waals surface area contributed by atoms with Gasteiger partial charge in [-0.15, -0.1) is 0 Å². The van der Waals surface area contributed by atoms with E-state index in [-0.39, 0.29) is 30.5 Å². The lowest BCUT2D eigenvalue weighted by Gasteiger charge is -2.20. The molecule has 0 aliphatic heterocycles. The molecule has 9 heteroatoms. The summed E-state index contributed by atoms with van der Waals surface area (Å²) in [5, 5.41) is 11.7. The Labute approximate surface area is 197 Å². The Balaban J connectivity index is 1.36. The van der Waals surface area contributed by atoms with E-state index in [0.717, 1.165) is 26.6 Å². The van der Waals surface area contributed by atoms with Gasteiger partial charge in [-0.3, -0.25) is 4.79 Å². The lowest BCUT2D eigenvalue weighted by molar-refractivity contribution is -0.137. The third-order valence-electron chi connectivity index (χ3n) is 5.67. The lowest BCUT2D eigenvalue weighted by Crippen LogP contribution is -2.41. The number of alkyl carbamates (subject to hydrolysis) is 1. The molecule has 0 atom stereocenters. The second-order valence-electron chi connectivity index (χ2n) is 7.80. The Morgan fingerprint density at radius 1 is 0.882 bits per heavy atom. The Kier molecular flexibility index (Phi) is 6.95. The topological polar surface area (TPSA) is 113 Å². The van der Waals surface area contributed by atoms with Crippen LogP contribution in [0.1, 0.15) is 17.0 Å². The van der Waals surface area contributed by atoms with Crippen LogP contribution in [0.25, 0.3) is 11.1 Å². The number of sulfonamides is 1. The summed E-state index contributed by atoms with van der Waals surface area (Å²) >= 11 is 0. The van der Waals surface area contributed by atoms with Gasteiger partial charge in [-0.25, -0.2) is 13.2 Å². The molecular weight excluding hydrogens is 456 g/mol. The van der Waals surface area contributed by atoms with Crippen LogP contribution in [0, 0.1) is 0 Å². The summed E-state index contributed by atoms with van der Waals surface area (Å²) in [5.74, 6) is -1.39. The van der Waals surface area contributed by atoms with E-state index in [0.29, 0.717) is 0 Å². The van der Waals surface area contributed by atoms with Gasteiger partial charge in [-0.1, -0.05) is 66.7 Å². The van der Waals surface area contributed by atoms with Gasteiger partial charge in [0.2, 0.25) is 10.0 Å². The van der Waals surface area contributed by atoms with Crippen LogP contribution in [0.5, 0.6) is 0 Å². The van der Waals surface area contributed by atoms with Gasteiger partial charge in [0, 0.05) is 19.0 Å². The molecular formula is C25H24N2O6S. The van der Waals surface area contributed by atoms with E-state index in [2.05, 4.69) is 5.32 Å². The minimum absolute atomic E-state index is 0.0163. The molecule has 1 amide bonds. The van der Waals surface area contributed by atoms with Crippen LogP contribution < -0.4 is 5.32 Å². The van der Waals surface area contributed by atoms with E-state index in [1.54, 1.807) is 18.2 Å². The van der Waals surface area contributed by atoms with Crippen molar-refractivity contribution in [2.24, 2.45) is 0 Å². The molecule has 1 aliphatic rings. The molecule has 0 saturated heterocycles. The quantitative estimate of drug-likeness (QED) is 0.486. The first-order valence-electron chi connectivity index (χ1n) is 10.7. The van der Waals surface area contributed by atoms with Crippen LogP contribution >= 0.6 is 0 Å². The number of hydrogen-bond donors (Lipinski definition) is 2. The van der Waals surface area contributed by atoms with Gasteiger partial charge < -0.3 is 15.2 Å². The molecule has 0 aromatic heterocycles. The zero-order valence-electron chi connectivity index (χ0n) is 18.3. The highest BCUT2D eigenvalue weighted by atomic mass is 32.2. The van der Waals surface area contributed by atoms with Gasteiger partial charge in [-0.05, 0) is 34.4 Å². The predicted octanol–water partition coefficient (Wildman–Crippen LogP) is 3.30. The molecule has 0 bridgehead atoms. The molecule has 1 aliphatic carbocycles. The highest BCUT2D eigenvalue weighted by Crippen LogP contribution is 2.44.